The summed E-state index contributed by atoms with van der Waals surface area (Å²) in [4.78, 5) is 12.0. The number of nitrogens with one attached hydrogen (secondary N) is 2. The van der Waals surface area contributed by atoms with Crippen molar-refractivity contribution < 1.29 is 9.53 Å². The first-order valence-electron chi connectivity index (χ1n) is 9.07. The molecular formula is C19H29ClN2O2. The van der Waals surface area contributed by atoms with Gasteiger partial charge in [-0.1, -0.05) is 6.42 Å². The van der Waals surface area contributed by atoms with Gasteiger partial charge < -0.3 is 15.4 Å². The van der Waals surface area contributed by atoms with E-state index in [-0.39, 0.29) is 18.3 Å². The highest BCUT2D eigenvalue weighted by Gasteiger charge is 2.16. The van der Waals surface area contributed by atoms with Gasteiger partial charge in [0, 0.05) is 12.1 Å². The molecule has 2 aliphatic rings. The zero-order valence-corrected chi connectivity index (χ0v) is 15.1. The van der Waals surface area contributed by atoms with Gasteiger partial charge in [0.15, 0.2) is 0 Å². The number of rotatable bonds is 6. The van der Waals surface area contributed by atoms with Gasteiger partial charge in [-0.15, -0.1) is 12.4 Å². The molecule has 1 aliphatic carbocycles. The van der Waals surface area contributed by atoms with Crippen LogP contribution in [0.15, 0.2) is 24.3 Å². The molecular weight excluding hydrogens is 324 g/mol. The summed E-state index contributed by atoms with van der Waals surface area (Å²) in [5.74, 6) is 1.68. The van der Waals surface area contributed by atoms with E-state index < -0.39 is 0 Å². The fraction of sp³-hybridized carbons (Fsp3) is 0.632. The van der Waals surface area contributed by atoms with Gasteiger partial charge in [-0.3, -0.25) is 4.79 Å². The van der Waals surface area contributed by atoms with E-state index in [1.165, 1.54) is 25.7 Å². The fourth-order valence-electron chi connectivity index (χ4n) is 3.51. The largest absolute Gasteiger partial charge is 0.490 e. The maximum atomic E-state index is 12.0. The van der Waals surface area contributed by atoms with E-state index in [1.54, 1.807) is 0 Å². The molecule has 1 unspecified atom stereocenters. The Morgan fingerprint density at radius 3 is 2.54 bits per heavy atom. The van der Waals surface area contributed by atoms with Gasteiger partial charge in [0.25, 0.3) is 0 Å². The van der Waals surface area contributed by atoms with Crippen LogP contribution in [0.4, 0.5) is 5.69 Å². The van der Waals surface area contributed by atoms with Gasteiger partial charge >= 0.3 is 0 Å². The second kappa shape index (κ2) is 9.90. The second-order valence-corrected chi connectivity index (χ2v) is 6.85. The summed E-state index contributed by atoms with van der Waals surface area (Å²) in [6.07, 6.45) is 9.34. The predicted molar refractivity (Wildman–Crippen MR) is 100 cm³/mol. The molecule has 1 atom stereocenters. The maximum absolute atomic E-state index is 12.0. The minimum absolute atomic E-state index is 0. The number of anilines is 1. The number of carbonyl (C=O) groups excluding carboxylic acids is 1. The van der Waals surface area contributed by atoms with Crippen molar-refractivity contribution in [1.82, 2.24) is 5.32 Å². The Balaban J connectivity index is 0.00000208. The molecule has 0 spiro atoms. The van der Waals surface area contributed by atoms with Gasteiger partial charge in [-0.25, -0.2) is 0 Å². The van der Waals surface area contributed by atoms with Crippen molar-refractivity contribution in [2.75, 3.05) is 18.4 Å². The SMILES string of the molecule is Cl.O=C(CCC1CCNC1)Nc1ccc(OC2CCCCC2)cc1. The molecule has 0 aromatic heterocycles. The van der Waals surface area contributed by atoms with Crippen LogP contribution in [0.2, 0.25) is 0 Å². The molecule has 1 saturated carbocycles. The van der Waals surface area contributed by atoms with E-state index in [4.69, 9.17) is 4.74 Å². The van der Waals surface area contributed by atoms with Crippen LogP contribution in [-0.2, 0) is 4.79 Å². The van der Waals surface area contributed by atoms with Crippen LogP contribution >= 0.6 is 12.4 Å². The number of hydrogen-bond acceptors (Lipinski definition) is 3. The molecule has 1 aliphatic heterocycles. The zero-order chi connectivity index (χ0) is 15.9. The third kappa shape index (κ3) is 5.99. The molecule has 134 valence electrons. The first-order valence-corrected chi connectivity index (χ1v) is 9.07. The number of benzene rings is 1. The average molecular weight is 353 g/mol. The standard InChI is InChI=1S/C19H28N2O2.ClH/c22-19(11-6-15-12-13-20-14-15)21-16-7-9-18(10-8-16)23-17-4-2-1-3-5-17;/h7-10,15,17,20H,1-6,11-14H2,(H,21,22);1H. The van der Waals surface area contributed by atoms with Gasteiger partial charge in [0.1, 0.15) is 5.75 Å². The molecule has 1 aromatic carbocycles. The van der Waals surface area contributed by atoms with Crippen molar-refractivity contribution in [1.29, 1.82) is 0 Å². The molecule has 24 heavy (non-hydrogen) atoms. The van der Waals surface area contributed by atoms with Crippen molar-refractivity contribution in [2.45, 2.75) is 57.5 Å². The first-order chi connectivity index (χ1) is 11.3. The van der Waals surface area contributed by atoms with Crippen molar-refractivity contribution in [3.63, 3.8) is 0 Å². The van der Waals surface area contributed by atoms with Gasteiger partial charge in [-0.2, -0.15) is 0 Å². The summed E-state index contributed by atoms with van der Waals surface area (Å²) in [6.45, 7) is 2.15. The highest BCUT2D eigenvalue weighted by molar-refractivity contribution is 5.90. The average Bonchev–Trinajstić information content (AvgIpc) is 3.09. The van der Waals surface area contributed by atoms with Crippen molar-refractivity contribution in [2.24, 2.45) is 5.92 Å². The summed E-state index contributed by atoms with van der Waals surface area (Å²) in [5, 5.41) is 6.32. The third-order valence-corrected chi connectivity index (χ3v) is 4.94. The Hall–Kier alpha value is -1.26. The van der Waals surface area contributed by atoms with Crippen LogP contribution in [0.3, 0.4) is 0 Å². The Morgan fingerprint density at radius 1 is 1.12 bits per heavy atom. The van der Waals surface area contributed by atoms with E-state index in [1.807, 2.05) is 24.3 Å². The van der Waals surface area contributed by atoms with E-state index >= 15 is 0 Å². The highest BCUT2D eigenvalue weighted by atomic mass is 35.5. The maximum Gasteiger partial charge on any atom is 0.224 e. The number of halogens is 1. The summed E-state index contributed by atoms with van der Waals surface area (Å²) < 4.78 is 6.01. The monoisotopic (exact) mass is 352 g/mol. The molecule has 1 amide bonds. The first kappa shape index (κ1) is 19.1. The normalized spacial score (nSPS) is 21.1. The third-order valence-electron chi connectivity index (χ3n) is 4.94. The minimum atomic E-state index is 0. The quantitative estimate of drug-likeness (QED) is 0.808. The van der Waals surface area contributed by atoms with Crippen LogP contribution in [0.1, 0.15) is 51.4 Å². The zero-order valence-electron chi connectivity index (χ0n) is 14.3. The molecule has 1 heterocycles. The molecule has 2 fully saturated rings. The van der Waals surface area contributed by atoms with Crippen LogP contribution in [0.25, 0.3) is 0 Å². The van der Waals surface area contributed by atoms with Crippen molar-refractivity contribution in [3.05, 3.63) is 24.3 Å². The van der Waals surface area contributed by atoms with E-state index in [9.17, 15) is 4.79 Å². The lowest BCUT2D eigenvalue weighted by Gasteiger charge is -2.23. The van der Waals surface area contributed by atoms with E-state index in [0.717, 1.165) is 43.8 Å². The lowest BCUT2D eigenvalue weighted by Crippen LogP contribution is -2.19. The summed E-state index contributed by atoms with van der Waals surface area (Å²) in [6, 6.07) is 7.80. The smallest absolute Gasteiger partial charge is 0.224 e. The Kier molecular flexibility index (Phi) is 7.86. The van der Waals surface area contributed by atoms with Crippen LogP contribution in [0.5, 0.6) is 5.75 Å². The Morgan fingerprint density at radius 2 is 1.88 bits per heavy atom. The topological polar surface area (TPSA) is 50.4 Å². The van der Waals surface area contributed by atoms with Crippen LogP contribution in [-0.4, -0.2) is 25.1 Å². The lowest BCUT2D eigenvalue weighted by molar-refractivity contribution is -0.116. The van der Waals surface area contributed by atoms with Gasteiger partial charge in [0.2, 0.25) is 5.91 Å². The molecule has 2 N–H and O–H groups in total. The molecule has 0 radical (unpaired) electrons. The van der Waals surface area contributed by atoms with Crippen LogP contribution < -0.4 is 15.4 Å². The number of hydrogen-bond donors (Lipinski definition) is 2. The highest BCUT2D eigenvalue weighted by Crippen LogP contribution is 2.24. The summed E-state index contributed by atoms with van der Waals surface area (Å²) in [7, 11) is 0. The van der Waals surface area contributed by atoms with E-state index in [0.29, 0.717) is 18.4 Å². The summed E-state index contributed by atoms with van der Waals surface area (Å²) >= 11 is 0. The number of ether oxygens (including phenoxy) is 1. The van der Waals surface area contributed by atoms with Gasteiger partial charge in [0.05, 0.1) is 6.10 Å². The predicted octanol–water partition coefficient (Wildman–Crippen LogP) is 4.15. The van der Waals surface area contributed by atoms with Gasteiger partial charge in [-0.05, 0) is 81.8 Å². The fourth-order valence-corrected chi connectivity index (χ4v) is 3.51. The Labute approximate surface area is 151 Å². The number of amides is 1. The molecule has 5 heteroatoms. The molecule has 0 bridgehead atoms. The van der Waals surface area contributed by atoms with E-state index in [2.05, 4.69) is 10.6 Å². The Bertz CT molecular complexity index is 495. The van der Waals surface area contributed by atoms with Crippen molar-refractivity contribution in [3.8, 4) is 5.75 Å². The molecule has 1 saturated heterocycles. The molecule has 3 rings (SSSR count). The number of carbonyl (C=O) groups is 1. The molecule has 4 nitrogen and oxygen atoms in total. The summed E-state index contributed by atoms with van der Waals surface area (Å²) in [5.41, 5.74) is 0.857. The van der Waals surface area contributed by atoms with Crippen LogP contribution in [0, 0.1) is 5.92 Å². The second-order valence-electron chi connectivity index (χ2n) is 6.85. The minimum Gasteiger partial charge on any atom is -0.490 e. The van der Waals surface area contributed by atoms with Crippen molar-refractivity contribution >= 4 is 24.0 Å². The lowest BCUT2D eigenvalue weighted by atomic mass is 9.98. The molecule has 1 aromatic rings.